The Hall–Kier alpha value is -3.29. The van der Waals surface area contributed by atoms with Crippen LogP contribution in [0.3, 0.4) is 0 Å². The fourth-order valence-electron chi connectivity index (χ4n) is 2.10. The lowest BCUT2D eigenvalue weighted by atomic mass is 10.1. The number of nitrogens with one attached hydrogen (secondary N) is 1. The van der Waals surface area contributed by atoms with E-state index in [2.05, 4.69) is 5.32 Å². The van der Waals surface area contributed by atoms with Crippen LogP contribution in [0, 0.1) is 22.9 Å². The molecule has 0 heterocycles. The van der Waals surface area contributed by atoms with Gasteiger partial charge in [-0.05, 0) is 44.2 Å². The molecule has 2 aromatic carbocycles. The highest BCUT2D eigenvalue weighted by Gasteiger charge is 2.23. The van der Waals surface area contributed by atoms with Gasteiger partial charge in [0, 0.05) is 17.3 Å². The molecule has 0 aromatic heterocycles. The van der Waals surface area contributed by atoms with Crippen molar-refractivity contribution >= 4 is 23.3 Å². The molecule has 0 aliphatic heterocycles. The van der Waals surface area contributed by atoms with Crippen molar-refractivity contribution in [3.05, 3.63) is 69.5 Å². The second-order valence-electron chi connectivity index (χ2n) is 5.25. The van der Waals surface area contributed by atoms with Crippen LogP contribution in [-0.4, -0.2) is 22.9 Å². The molecule has 2 aromatic rings. The van der Waals surface area contributed by atoms with Gasteiger partial charge in [0.05, 0.1) is 10.5 Å². The monoisotopic (exact) mass is 346 g/mol. The molecule has 25 heavy (non-hydrogen) atoms. The number of carbonyl (C=O) groups excluding carboxylic acids is 2. The zero-order chi connectivity index (χ0) is 18.6. The highest BCUT2D eigenvalue weighted by atomic mass is 19.1. The zero-order valence-electron chi connectivity index (χ0n) is 13.5. The highest BCUT2D eigenvalue weighted by Crippen LogP contribution is 2.22. The van der Waals surface area contributed by atoms with Gasteiger partial charge in [0.2, 0.25) is 0 Å². The molecular formula is C17H15FN2O5. The standard InChI is InChI=1S/C17H15FN2O5/c1-10-14(4-3-5-15(10)20(23)24)17(22)25-11(2)16(21)19-13-8-6-12(18)7-9-13/h3-9,11H,1-2H3,(H,19,21)/t11-/m0/s1. The van der Waals surface area contributed by atoms with Gasteiger partial charge in [-0.2, -0.15) is 0 Å². The van der Waals surface area contributed by atoms with Crippen LogP contribution in [0.1, 0.15) is 22.8 Å². The maximum Gasteiger partial charge on any atom is 0.339 e. The number of rotatable bonds is 5. The first-order chi connectivity index (χ1) is 11.8. The number of nitrogens with zero attached hydrogens (tertiary/aromatic N) is 1. The third-order valence-electron chi connectivity index (χ3n) is 3.49. The maximum absolute atomic E-state index is 12.8. The van der Waals surface area contributed by atoms with E-state index in [4.69, 9.17) is 4.74 Å². The van der Waals surface area contributed by atoms with E-state index in [9.17, 15) is 24.1 Å². The smallest absolute Gasteiger partial charge is 0.339 e. The van der Waals surface area contributed by atoms with Gasteiger partial charge in [-0.1, -0.05) is 6.07 Å². The van der Waals surface area contributed by atoms with E-state index in [1.165, 1.54) is 56.3 Å². The molecule has 2 rings (SSSR count). The maximum atomic E-state index is 12.8. The number of hydrogen-bond acceptors (Lipinski definition) is 5. The second-order valence-corrected chi connectivity index (χ2v) is 5.25. The summed E-state index contributed by atoms with van der Waals surface area (Å²) in [7, 11) is 0. The molecule has 0 saturated heterocycles. The number of hydrogen-bond donors (Lipinski definition) is 1. The Morgan fingerprint density at radius 3 is 2.44 bits per heavy atom. The minimum atomic E-state index is -1.14. The lowest BCUT2D eigenvalue weighted by molar-refractivity contribution is -0.385. The van der Waals surface area contributed by atoms with Crippen molar-refractivity contribution in [3.8, 4) is 0 Å². The fraction of sp³-hybridized carbons (Fsp3) is 0.176. The molecule has 1 atom stereocenters. The van der Waals surface area contributed by atoms with Gasteiger partial charge in [-0.3, -0.25) is 14.9 Å². The van der Waals surface area contributed by atoms with E-state index < -0.39 is 28.7 Å². The number of ether oxygens (including phenoxy) is 1. The summed E-state index contributed by atoms with van der Waals surface area (Å²) in [5.41, 5.74) is 0.304. The van der Waals surface area contributed by atoms with Crippen LogP contribution in [-0.2, 0) is 9.53 Å². The quantitative estimate of drug-likeness (QED) is 0.509. The molecule has 0 spiro atoms. The molecule has 1 amide bonds. The number of esters is 1. The van der Waals surface area contributed by atoms with Crippen molar-refractivity contribution in [2.24, 2.45) is 0 Å². The van der Waals surface area contributed by atoms with E-state index in [1.54, 1.807) is 0 Å². The number of nitro benzene ring substituents is 1. The summed E-state index contributed by atoms with van der Waals surface area (Å²) in [6, 6.07) is 9.12. The number of nitro groups is 1. The van der Waals surface area contributed by atoms with E-state index in [0.29, 0.717) is 5.69 Å². The van der Waals surface area contributed by atoms with Crippen molar-refractivity contribution in [2.75, 3.05) is 5.32 Å². The predicted molar refractivity (Wildman–Crippen MR) is 87.7 cm³/mol. The number of carbonyl (C=O) groups is 2. The number of halogens is 1. The summed E-state index contributed by atoms with van der Waals surface area (Å²) in [6.45, 7) is 2.79. The molecule has 7 nitrogen and oxygen atoms in total. The summed E-state index contributed by atoms with van der Waals surface area (Å²) in [5.74, 6) is -1.90. The van der Waals surface area contributed by atoms with Crippen LogP contribution in [0.15, 0.2) is 42.5 Å². The average Bonchev–Trinajstić information content (AvgIpc) is 2.56. The molecule has 0 aliphatic carbocycles. The molecule has 0 bridgehead atoms. The van der Waals surface area contributed by atoms with Crippen molar-refractivity contribution in [2.45, 2.75) is 20.0 Å². The molecular weight excluding hydrogens is 331 g/mol. The number of amides is 1. The molecule has 0 fully saturated rings. The van der Waals surface area contributed by atoms with Crippen molar-refractivity contribution in [1.82, 2.24) is 0 Å². The Balaban J connectivity index is 2.07. The normalized spacial score (nSPS) is 11.5. The topological polar surface area (TPSA) is 98.5 Å². The molecule has 1 N–H and O–H groups in total. The van der Waals surface area contributed by atoms with Gasteiger partial charge < -0.3 is 10.1 Å². The summed E-state index contributed by atoms with van der Waals surface area (Å²) in [5, 5.41) is 13.4. The Labute approximate surface area is 142 Å². The molecule has 130 valence electrons. The van der Waals surface area contributed by atoms with E-state index in [-0.39, 0.29) is 16.8 Å². The lowest BCUT2D eigenvalue weighted by Gasteiger charge is -2.14. The van der Waals surface area contributed by atoms with Gasteiger partial charge in [-0.25, -0.2) is 9.18 Å². The Bertz CT molecular complexity index is 820. The summed E-state index contributed by atoms with van der Waals surface area (Å²) in [4.78, 5) is 34.5. The third kappa shape index (κ3) is 4.37. The van der Waals surface area contributed by atoms with Crippen LogP contribution in [0.5, 0.6) is 0 Å². The fourth-order valence-corrected chi connectivity index (χ4v) is 2.10. The average molecular weight is 346 g/mol. The first-order valence-electron chi connectivity index (χ1n) is 7.31. The number of anilines is 1. The van der Waals surface area contributed by atoms with Gasteiger partial charge in [0.15, 0.2) is 6.10 Å². The van der Waals surface area contributed by atoms with Crippen LogP contribution in [0.2, 0.25) is 0 Å². The molecule has 0 radical (unpaired) electrons. The summed E-state index contributed by atoms with van der Waals surface area (Å²) in [6.07, 6.45) is -1.14. The van der Waals surface area contributed by atoms with Crippen molar-refractivity contribution in [3.63, 3.8) is 0 Å². The van der Waals surface area contributed by atoms with E-state index in [0.717, 1.165) is 0 Å². The lowest BCUT2D eigenvalue weighted by Crippen LogP contribution is -2.30. The van der Waals surface area contributed by atoms with Gasteiger partial charge in [0.25, 0.3) is 11.6 Å². The van der Waals surface area contributed by atoms with Crippen LogP contribution in [0.25, 0.3) is 0 Å². The molecule has 8 heteroatoms. The minimum Gasteiger partial charge on any atom is -0.449 e. The van der Waals surface area contributed by atoms with Crippen LogP contribution >= 0.6 is 0 Å². The summed E-state index contributed by atoms with van der Waals surface area (Å²) < 4.78 is 17.9. The Morgan fingerprint density at radius 2 is 1.84 bits per heavy atom. The summed E-state index contributed by atoms with van der Waals surface area (Å²) >= 11 is 0. The second kappa shape index (κ2) is 7.52. The van der Waals surface area contributed by atoms with Gasteiger partial charge in [-0.15, -0.1) is 0 Å². The largest absolute Gasteiger partial charge is 0.449 e. The Morgan fingerprint density at radius 1 is 1.20 bits per heavy atom. The Kier molecular flexibility index (Phi) is 5.43. The van der Waals surface area contributed by atoms with E-state index >= 15 is 0 Å². The first kappa shape index (κ1) is 18.1. The zero-order valence-corrected chi connectivity index (χ0v) is 13.5. The SMILES string of the molecule is Cc1c(C(=O)O[C@@H](C)C(=O)Nc2ccc(F)cc2)cccc1[N+](=O)[O-]. The highest BCUT2D eigenvalue weighted by molar-refractivity contribution is 5.98. The third-order valence-corrected chi connectivity index (χ3v) is 3.49. The van der Waals surface area contributed by atoms with Crippen molar-refractivity contribution < 1.29 is 23.6 Å². The minimum absolute atomic E-state index is 0.00984. The predicted octanol–water partition coefficient (Wildman–Crippen LogP) is 3.23. The molecule has 0 unspecified atom stereocenters. The van der Waals surface area contributed by atoms with Gasteiger partial charge >= 0.3 is 5.97 Å². The molecule has 0 aliphatic rings. The molecule has 0 saturated carbocycles. The van der Waals surface area contributed by atoms with Gasteiger partial charge in [0.1, 0.15) is 5.82 Å². The number of benzene rings is 2. The van der Waals surface area contributed by atoms with Crippen LogP contribution < -0.4 is 5.32 Å². The van der Waals surface area contributed by atoms with Crippen LogP contribution in [0.4, 0.5) is 15.8 Å². The van der Waals surface area contributed by atoms with E-state index in [1.807, 2.05) is 0 Å². The van der Waals surface area contributed by atoms with Crippen molar-refractivity contribution in [1.29, 1.82) is 0 Å². The first-order valence-corrected chi connectivity index (χ1v) is 7.31.